The Hall–Kier alpha value is -2.52. The summed E-state index contributed by atoms with van der Waals surface area (Å²) in [4.78, 5) is 24.4. The van der Waals surface area contributed by atoms with Crippen LogP contribution in [0, 0.1) is 5.82 Å². The first kappa shape index (κ1) is 20.2. The molecule has 0 saturated carbocycles. The van der Waals surface area contributed by atoms with E-state index in [-0.39, 0.29) is 23.6 Å². The molecule has 1 heterocycles. The molecule has 0 aliphatic rings. The van der Waals surface area contributed by atoms with Gasteiger partial charge in [-0.1, -0.05) is 52.0 Å². The molecule has 28 heavy (non-hydrogen) atoms. The lowest BCUT2D eigenvalue weighted by Crippen LogP contribution is -2.25. The van der Waals surface area contributed by atoms with Crippen molar-refractivity contribution in [3.8, 4) is 0 Å². The minimum absolute atomic E-state index is 0.0186. The van der Waals surface area contributed by atoms with E-state index in [0.717, 1.165) is 4.47 Å². The largest absolute Gasteiger partial charge is 0.345 e. The van der Waals surface area contributed by atoms with Gasteiger partial charge in [-0.15, -0.1) is 10.2 Å². The summed E-state index contributed by atoms with van der Waals surface area (Å²) < 4.78 is 16.3. The molecule has 9 heteroatoms. The molecule has 2 aromatic carbocycles. The molecule has 0 bridgehead atoms. The number of hydrogen-bond donors (Lipinski definition) is 1. The average Bonchev–Trinajstić information content (AvgIpc) is 3.04. The van der Waals surface area contributed by atoms with Crippen molar-refractivity contribution in [3.63, 3.8) is 0 Å². The number of benzene rings is 2. The molecule has 0 spiro atoms. The summed E-state index contributed by atoms with van der Waals surface area (Å²) in [6.07, 6.45) is 0. The van der Waals surface area contributed by atoms with Crippen LogP contribution >= 0.6 is 27.7 Å². The number of nitrogens with one attached hydrogen (secondary N) is 1. The molecule has 0 aliphatic carbocycles. The van der Waals surface area contributed by atoms with Gasteiger partial charge in [-0.2, -0.15) is 0 Å². The monoisotopic (exact) mass is 462 g/mol. The fourth-order valence-corrected chi connectivity index (χ4v) is 3.46. The molecule has 3 aromatic rings. The van der Waals surface area contributed by atoms with Crippen molar-refractivity contribution in [2.24, 2.45) is 7.05 Å². The second-order valence-electron chi connectivity index (χ2n) is 5.84. The zero-order chi connectivity index (χ0) is 20.1. The van der Waals surface area contributed by atoms with Crippen molar-refractivity contribution < 1.29 is 14.0 Å². The van der Waals surface area contributed by atoms with Gasteiger partial charge >= 0.3 is 0 Å². The van der Waals surface area contributed by atoms with E-state index in [1.54, 1.807) is 29.8 Å². The lowest BCUT2D eigenvalue weighted by atomic mass is 10.2. The summed E-state index contributed by atoms with van der Waals surface area (Å²) in [6.45, 7) is 0.0951. The van der Waals surface area contributed by atoms with Gasteiger partial charge in [0, 0.05) is 17.1 Å². The van der Waals surface area contributed by atoms with E-state index in [0.29, 0.717) is 16.5 Å². The molecule has 6 nitrogen and oxygen atoms in total. The van der Waals surface area contributed by atoms with Gasteiger partial charge in [0.15, 0.2) is 16.8 Å². The number of amides is 1. The Morgan fingerprint density at radius 2 is 1.86 bits per heavy atom. The van der Waals surface area contributed by atoms with E-state index in [1.165, 1.54) is 30.0 Å². The number of halogens is 2. The SMILES string of the molecule is Cn1c(CNC(=O)c2ccccc2F)nnc1SCC(=O)c1ccc(Br)cc1. The summed E-state index contributed by atoms with van der Waals surface area (Å²) in [7, 11) is 1.75. The summed E-state index contributed by atoms with van der Waals surface area (Å²) in [5, 5.41) is 11.3. The van der Waals surface area contributed by atoms with Crippen molar-refractivity contribution in [2.75, 3.05) is 5.75 Å². The Morgan fingerprint density at radius 3 is 2.57 bits per heavy atom. The van der Waals surface area contributed by atoms with Crippen molar-refractivity contribution in [2.45, 2.75) is 11.7 Å². The quantitative estimate of drug-likeness (QED) is 0.428. The lowest BCUT2D eigenvalue weighted by Gasteiger charge is -2.06. The van der Waals surface area contributed by atoms with Crippen molar-refractivity contribution in [1.29, 1.82) is 0 Å². The molecule has 0 aliphatic heterocycles. The first-order chi connectivity index (χ1) is 13.5. The van der Waals surface area contributed by atoms with E-state index < -0.39 is 11.7 Å². The van der Waals surface area contributed by atoms with Gasteiger partial charge in [0.1, 0.15) is 5.82 Å². The van der Waals surface area contributed by atoms with E-state index >= 15 is 0 Å². The summed E-state index contributed by atoms with van der Waals surface area (Å²) in [5.41, 5.74) is 0.592. The molecule has 1 amide bonds. The Balaban J connectivity index is 1.58. The van der Waals surface area contributed by atoms with Gasteiger partial charge in [-0.3, -0.25) is 9.59 Å². The number of carbonyl (C=O) groups excluding carboxylic acids is 2. The number of nitrogens with zero attached hydrogens (tertiary/aromatic N) is 3. The van der Waals surface area contributed by atoms with Gasteiger partial charge in [-0.25, -0.2) is 4.39 Å². The van der Waals surface area contributed by atoms with Crippen LogP contribution in [0.2, 0.25) is 0 Å². The van der Waals surface area contributed by atoms with Crippen LogP contribution in [0.1, 0.15) is 26.5 Å². The van der Waals surface area contributed by atoms with Crippen LogP contribution in [0.25, 0.3) is 0 Å². The molecule has 144 valence electrons. The van der Waals surface area contributed by atoms with Crippen LogP contribution in [0.4, 0.5) is 4.39 Å². The third-order valence-electron chi connectivity index (χ3n) is 3.95. The van der Waals surface area contributed by atoms with Crippen molar-refractivity contribution in [1.82, 2.24) is 20.1 Å². The third kappa shape index (κ3) is 4.85. The zero-order valence-electron chi connectivity index (χ0n) is 14.9. The summed E-state index contributed by atoms with van der Waals surface area (Å²) in [6, 6.07) is 12.9. The van der Waals surface area contributed by atoms with Crippen molar-refractivity contribution in [3.05, 3.63) is 75.8 Å². The average molecular weight is 463 g/mol. The molecular weight excluding hydrogens is 447 g/mol. The van der Waals surface area contributed by atoms with Crippen molar-refractivity contribution >= 4 is 39.4 Å². The standard InChI is InChI=1S/C19H16BrFN4O2S/c1-25-17(10-22-18(27)14-4-2-3-5-15(14)21)23-24-19(25)28-11-16(26)12-6-8-13(20)9-7-12/h2-9H,10-11H2,1H3,(H,22,27). The second-order valence-corrected chi connectivity index (χ2v) is 7.70. The molecular formula is C19H16BrFN4O2S. The van der Waals surface area contributed by atoms with Crippen LogP contribution < -0.4 is 5.32 Å². The Morgan fingerprint density at radius 1 is 1.14 bits per heavy atom. The number of thioether (sulfide) groups is 1. The van der Waals surface area contributed by atoms with Gasteiger partial charge < -0.3 is 9.88 Å². The Labute approximate surface area is 173 Å². The van der Waals surface area contributed by atoms with Crippen LogP contribution in [0.15, 0.2) is 58.2 Å². The van der Waals surface area contributed by atoms with Gasteiger partial charge in [0.05, 0.1) is 17.9 Å². The molecule has 3 rings (SSSR count). The number of hydrogen-bond acceptors (Lipinski definition) is 5. The zero-order valence-corrected chi connectivity index (χ0v) is 17.3. The van der Waals surface area contributed by atoms with Crippen LogP contribution in [-0.4, -0.2) is 32.2 Å². The Kier molecular flexibility index (Phi) is 6.58. The molecule has 0 unspecified atom stereocenters. The minimum atomic E-state index is -0.583. The molecule has 1 N–H and O–H groups in total. The lowest BCUT2D eigenvalue weighted by molar-refractivity contribution is 0.0944. The van der Waals surface area contributed by atoms with E-state index in [2.05, 4.69) is 31.4 Å². The summed E-state index contributed by atoms with van der Waals surface area (Å²) in [5.74, 6) is -0.408. The predicted octanol–water partition coefficient (Wildman–Crippen LogP) is 3.62. The number of rotatable bonds is 7. The molecule has 1 aromatic heterocycles. The highest BCUT2D eigenvalue weighted by molar-refractivity contribution is 9.10. The molecule has 0 saturated heterocycles. The first-order valence-electron chi connectivity index (χ1n) is 8.28. The highest BCUT2D eigenvalue weighted by Crippen LogP contribution is 2.18. The van der Waals surface area contributed by atoms with Gasteiger partial charge in [0.2, 0.25) is 0 Å². The number of aromatic nitrogens is 3. The normalized spacial score (nSPS) is 10.7. The molecule has 0 fully saturated rings. The maximum Gasteiger partial charge on any atom is 0.254 e. The van der Waals surface area contributed by atoms with E-state index in [1.807, 2.05) is 12.1 Å². The van der Waals surface area contributed by atoms with Gasteiger partial charge in [0.25, 0.3) is 5.91 Å². The highest BCUT2D eigenvalue weighted by atomic mass is 79.9. The maximum atomic E-state index is 13.7. The highest BCUT2D eigenvalue weighted by Gasteiger charge is 2.15. The number of ketones is 1. The molecule has 0 radical (unpaired) electrons. The van der Waals surface area contributed by atoms with Crippen LogP contribution in [0.3, 0.4) is 0 Å². The third-order valence-corrected chi connectivity index (χ3v) is 5.50. The minimum Gasteiger partial charge on any atom is -0.345 e. The maximum absolute atomic E-state index is 13.7. The Bertz CT molecular complexity index is 1010. The molecule has 0 atom stereocenters. The van der Waals surface area contributed by atoms with E-state index in [9.17, 15) is 14.0 Å². The van der Waals surface area contributed by atoms with Gasteiger partial charge in [-0.05, 0) is 24.3 Å². The van der Waals surface area contributed by atoms with Crippen LogP contribution in [0.5, 0.6) is 0 Å². The number of Topliss-reactive ketones (excluding diaryl/α,β-unsaturated/α-hetero) is 1. The predicted molar refractivity (Wildman–Crippen MR) is 108 cm³/mol. The first-order valence-corrected chi connectivity index (χ1v) is 10.1. The topological polar surface area (TPSA) is 76.9 Å². The fraction of sp³-hybridized carbons (Fsp3) is 0.158. The second kappa shape index (κ2) is 9.11. The number of carbonyl (C=O) groups is 2. The fourth-order valence-electron chi connectivity index (χ4n) is 2.37. The summed E-state index contributed by atoms with van der Waals surface area (Å²) >= 11 is 4.60. The van der Waals surface area contributed by atoms with Crippen LogP contribution in [-0.2, 0) is 13.6 Å². The smallest absolute Gasteiger partial charge is 0.254 e. The van der Waals surface area contributed by atoms with E-state index in [4.69, 9.17) is 0 Å².